The summed E-state index contributed by atoms with van der Waals surface area (Å²) in [6, 6.07) is 10.5. The van der Waals surface area contributed by atoms with Crippen LogP contribution < -0.4 is 11.1 Å². The minimum absolute atomic E-state index is 0.293. The van der Waals surface area contributed by atoms with E-state index >= 15 is 0 Å². The molecule has 0 saturated heterocycles. The lowest BCUT2D eigenvalue weighted by molar-refractivity contribution is 0.187. The van der Waals surface area contributed by atoms with Gasteiger partial charge in [-0.1, -0.05) is 82.2 Å². The van der Waals surface area contributed by atoms with Gasteiger partial charge in [-0.2, -0.15) is 4.99 Å². The monoisotopic (exact) mass is 385 g/mol. The van der Waals surface area contributed by atoms with Gasteiger partial charge in [0, 0.05) is 13.1 Å². The van der Waals surface area contributed by atoms with Crippen molar-refractivity contribution in [3.05, 3.63) is 35.9 Å². The number of guanidine groups is 2. The predicted molar refractivity (Wildman–Crippen MR) is 121 cm³/mol. The molecule has 0 amide bonds. The number of rotatable bonds is 12. The number of nitrogens with zero attached hydrogens (tertiary/aromatic N) is 3. The highest BCUT2D eigenvalue weighted by Gasteiger charge is 2.32. The zero-order valence-electron chi connectivity index (χ0n) is 18.1. The second kappa shape index (κ2) is 11.7. The maximum absolute atomic E-state index is 6.27. The number of nitrogens with one attached hydrogen (secondary N) is 1. The first-order chi connectivity index (χ1) is 13.5. The third-order valence-corrected chi connectivity index (χ3v) is 5.33. The summed E-state index contributed by atoms with van der Waals surface area (Å²) in [7, 11) is 0. The Morgan fingerprint density at radius 1 is 1.00 bits per heavy atom. The van der Waals surface area contributed by atoms with E-state index in [9.17, 15) is 0 Å². The van der Waals surface area contributed by atoms with E-state index in [2.05, 4.69) is 65.2 Å². The summed E-state index contributed by atoms with van der Waals surface area (Å²) in [6.45, 7) is 8.16. The van der Waals surface area contributed by atoms with Crippen molar-refractivity contribution in [3.63, 3.8) is 0 Å². The van der Waals surface area contributed by atoms with E-state index in [0.717, 1.165) is 25.9 Å². The van der Waals surface area contributed by atoms with Gasteiger partial charge in [-0.15, -0.1) is 0 Å². The number of unbranched alkanes of at least 4 members (excludes halogenated alkanes) is 7. The molecular formula is C23H39N5. The normalized spacial score (nSPS) is 17.5. The molecule has 1 aliphatic rings. The Labute approximate surface area is 171 Å². The van der Waals surface area contributed by atoms with Gasteiger partial charge >= 0.3 is 0 Å². The topological polar surface area (TPSA) is 66.0 Å². The van der Waals surface area contributed by atoms with Gasteiger partial charge in [-0.25, -0.2) is 0 Å². The molecule has 0 fully saturated rings. The van der Waals surface area contributed by atoms with E-state index < -0.39 is 0 Å². The molecule has 156 valence electrons. The number of nitrogens with two attached hydrogens (primary N) is 1. The molecule has 5 heteroatoms. The highest BCUT2D eigenvalue weighted by atomic mass is 15.4. The van der Waals surface area contributed by atoms with E-state index in [1.807, 2.05) is 6.07 Å². The smallest absolute Gasteiger partial charge is 0.223 e. The Balaban J connectivity index is 1.76. The molecule has 0 atom stereocenters. The van der Waals surface area contributed by atoms with E-state index in [1.165, 1.54) is 50.5 Å². The third kappa shape index (κ3) is 7.53. The highest BCUT2D eigenvalue weighted by molar-refractivity contribution is 5.97. The van der Waals surface area contributed by atoms with Gasteiger partial charge in [0.2, 0.25) is 11.9 Å². The van der Waals surface area contributed by atoms with Crippen LogP contribution in [0.4, 0.5) is 0 Å². The lowest BCUT2D eigenvalue weighted by Crippen LogP contribution is -2.64. The molecule has 0 aromatic heterocycles. The number of aliphatic imine (C=N–C) groups is 2. The van der Waals surface area contributed by atoms with Crippen molar-refractivity contribution in [2.45, 2.75) is 84.2 Å². The standard InChI is InChI=1S/C23H39N5/c1-4-5-6-7-8-9-10-14-18-25-22-26-21(24)28(23(2,3)27-22)19-17-20-15-12-11-13-16-20/h11-13,15-16H,4-10,14,17-19H2,1-3H3,(H3,24,25,26,27). The van der Waals surface area contributed by atoms with Gasteiger partial charge in [-0.3, -0.25) is 4.99 Å². The zero-order chi connectivity index (χ0) is 20.2. The van der Waals surface area contributed by atoms with Gasteiger partial charge in [-0.05, 0) is 32.3 Å². The Bertz CT molecular complexity index is 621. The quantitative estimate of drug-likeness (QED) is 0.513. The second-order valence-electron chi connectivity index (χ2n) is 8.22. The largest absolute Gasteiger partial charge is 0.369 e. The molecule has 0 unspecified atom stereocenters. The van der Waals surface area contributed by atoms with Crippen LogP contribution >= 0.6 is 0 Å². The molecule has 2 rings (SSSR count). The van der Waals surface area contributed by atoms with Crippen LogP contribution in [0.2, 0.25) is 0 Å². The van der Waals surface area contributed by atoms with Crippen molar-refractivity contribution in [1.82, 2.24) is 10.2 Å². The molecular weight excluding hydrogens is 346 g/mol. The molecule has 0 radical (unpaired) electrons. The minimum atomic E-state index is -0.293. The summed E-state index contributed by atoms with van der Waals surface area (Å²) in [4.78, 5) is 11.3. The summed E-state index contributed by atoms with van der Waals surface area (Å²) in [6.07, 6.45) is 11.4. The van der Waals surface area contributed by atoms with Crippen molar-refractivity contribution in [2.75, 3.05) is 13.1 Å². The van der Waals surface area contributed by atoms with Crippen LogP contribution in [-0.2, 0) is 6.42 Å². The predicted octanol–water partition coefficient (Wildman–Crippen LogP) is 4.68. The van der Waals surface area contributed by atoms with Crippen LogP contribution in [0.3, 0.4) is 0 Å². The summed E-state index contributed by atoms with van der Waals surface area (Å²) in [5, 5.41) is 3.44. The molecule has 28 heavy (non-hydrogen) atoms. The second-order valence-corrected chi connectivity index (χ2v) is 8.22. The van der Waals surface area contributed by atoms with Crippen molar-refractivity contribution in [1.29, 1.82) is 0 Å². The average Bonchev–Trinajstić information content (AvgIpc) is 2.66. The van der Waals surface area contributed by atoms with Crippen LogP contribution in [0.25, 0.3) is 0 Å². The summed E-state index contributed by atoms with van der Waals surface area (Å²) in [5.41, 5.74) is 7.29. The molecule has 1 aromatic rings. The van der Waals surface area contributed by atoms with Crippen molar-refractivity contribution in [2.24, 2.45) is 15.7 Å². The molecule has 5 nitrogen and oxygen atoms in total. The van der Waals surface area contributed by atoms with Crippen LogP contribution in [0.5, 0.6) is 0 Å². The summed E-state index contributed by atoms with van der Waals surface area (Å²) < 4.78 is 0. The fourth-order valence-electron chi connectivity index (χ4n) is 3.61. The van der Waals surface area contributed by atoms with Crippen molar-refractivity contribution < 1.29 is 0 Å². The van der Waals surface area contributed by atoms with Gasteiger partial charge in [0.05, 0.1) is 0 Å². The lowest BCUT2D eigenvalue weighted by Gasteiger charge is -2.43. The van der Waals surface area contributed by atoms with E-state index in [4.69, 9.17) is 5.73 Å². The van der Waals surface area contributed by atoms with E-state index in [1.54, 1.807) is 0 Å². The average molecular weight is 386 g/mol. The first-order valence-electron chi connectivity index (χ1n) is 11.0. The maximum atomic E-state index is 6.27. The molecule has 0 bridgehead atoms. The Hall–Kier alpha value is -2.04. The summed E-state index contributed by atoms with van der Waals surface area (Å²) >= 11 is 0. The minimum Gasteiger partial charge on any atom is -0.369 e. The van der Waals surface area contributed by atoms with Gasteiger partial charge < -0.3 is 16.0 Å². The van der Waals surface area contributed by atoms with Gasteiger partial charge in [0.25, 0.3) is 0 Å². The van der Waals surface area contributed by atoms with Gasteiger partial charge in [0.1, 0.15) is 5.66 Å². The van der Waals surface area contributed by atoms with Crippen LogP contribution in [0, 0.1) is 0 Å². The summed E-state index contributed by atoms with van der Waals surface area (Å²) in [5.74, 6) is 1.22. The fraction of sp³-hybridized carbons (Fsp3) is 0.652. The van der Waals surface area contributed by atoms with Crippen LogP contribution in [-0.4, -0.2) is 35.6 Å². The SMILES string of the molecule is CCCCCCCCCCN=C1N=C(N)N(CCc2ccccc2)C(C)(C)N1. The Morgan fingerprint density at radius 3 is 2.29 bits per heavy atom. The molecule has 1 aromatic carbocycles. The van der Waals surface area contributed by atoms with E-state index in [-0.39, 0.29) is 5.66 Å². The zero-order valence-corrected chi connectivity index (χ0v) is 18.1. The molecule has 0 saturated carbocycles. The lowest BCUT2D eigenvalue weighted by atomic mass is 10.1. The van der Waals surface area contributed by atoms with Crippen molar-refractivity contribution in [3.8, 4) is 0 Å². The molecule has 1 aliphatic heterocycles. The third-order valence-electron chi connectivity index (χ3n) is 5.33. The maximum Gasteiger partial charge on any atom is 0.223 e. The first kappa shape index (κ1) is 22.3. The van der Waals surface area contributed by atoms with E-state index in [0.29, 0.717) is 11.9 Å². The van der Waals surface area contributed by atoms with Gasteiger partial charge in [0.15, 0.2) is 0 Å². The van der Waals surface area contributed by atoms with Crippen molar-refractivity contribution >= 4 is 11.9 Å². The number of benzene rings is 1. The Morgan fingerprint density at radius 2 is 1.64 bits per heavy atom. The molecule has 3 N–H and O–H groups in total. The molecule has 0 aliphatic carbocycles. The molecule has 0 spiro atoms. The Kier molecular flexibility index (Phi) is 9.32. The van der Waals surface area contributed by atoms with Crippen LogP contribution in [0.1, 0.15) is 77.7 Å². The van der Waals surface area contributed by atoms with Crippen LogP contribution in [0.15, 0.2) is 40.3 Å². The molecule has 1 heterocycles. The fourth-order valence-corrected chi connectivity index (χ4v) is 3.61. The number of hydrogen-bond donors (Lipinski definition) is 2. The number of hydrogen-bond acceptors (Lipinski definition) is 3. The first-order valence-corrected chi connectivity index (χ1v) is 11.0. The highest BCUT2D eigenvalue weighted by Crippen LogP contribution is 2.16.